The van der Waals surface area contributed by atoms with Gasteiger partial charge in [-0.05, 0) is 31.7 Å². The lowest BCUT2D eigenvalue weighted by Crippen LogP contribution is -2.50. The second-order valence-electron chi connectivity index (χ2n) is 6.45. The molecule has 2 aromatic carbocycles. The van der Waals surface area contributed by atoms with Gasteiger partial charge >= 0.3 is 6.03 Å². The van der Waals surface area contributed by atoms with E-state index < -0.39 is 0 Å². The molecule has 130 valence electrons. The number of piperazine rings is 1. The van der Waals surface area contributed by atoms with Crippen molar-refractivity contribution in [2.45, 2.75) is 13.0 Å². The monoisotopic (exact) mass is 337 g/mol. The molecule has 5 heteroatoms. The number of hydrogen-bond donors (Lipinski definition) is 1. The van der Waals surface area contributed by atoms with E-state index in [2.05, 4.69) is 29.4 Å². The van der Waals surface area contributed by atoms with Crippen LogP contribution in [0.25, 0.3) is 0 Å². The molecule has 5 nitrogen and oxygen atoms in total. The second kappa shape index (κ2) is 7.49. The average Bonchev–Trinajstić information content (AvgIpc) is 2.62. The average molecular weight is 337 g/mol. The van der Waals surface area contributed by atoms with E-state index in [1.54, 1.807) is 24.3 Å². The normalized spacial score (nSPS) is 18.0. The Morgan fingerprint density at radius 1 is 1.04 bits per heavy atom. The molecule has 2 aromatic rings. The molecule has 2 amide bonds. The van der Waals surface area contributed by atoms with E-state index in [9.17, 15) is 9.59 Å². The van der Waals surface area contributed by atoms with Crippen molar-refractivity contribution in [3.8, 4) is 0 Å². The van der Waals surface area contributed by atoms with Gasteiger partial charge in [0.2, 0.25) is 0 Å². The Labute approximate surface area is 148 Å². The molecule has 25 heavy (non-hydrogen) atoms. The van der Waals surface area contributed by atoms with E-state index in [0.29, 0.717) is 17.8 Å². The van der Waals surface area contributed by atoms with Gasteiger partial charge in [0.1, 0.15) is 0 Å². The summed E-state index contributed by atoms with van der Waals surface area (Å²) in [4.78, 5) is 28.5. The first-order valence-corrected chi connectivity index (χ1v) is 8.46. The Bertz CT molecular complexity index is 761. The maximum Gasteiger partial charge on any atom is 0.322 e. The maximum atomic E-state index is 12.9. The largest absolute Gasteiger partial charge is 0.322 e. The van der Waals surface area contributed by atoms with E-state index in [4.69, 9.17) is 0 Å². The van der Waals surface area contributed by atoms with Crippen LogP contribution in [0.2, 0.25) is 0 Å². The molecule has 1 N–H and O–H groups in total. The molecule has 3 rings (SSSR count). The highest BCUT2D eigenvalue weighted by Gasteiger charge is 2.30. The number of amides is 2. The van der Waals surface area contributed by atoms with E-state index in [1.165, 1.54) is 6.92 Å². The van der Waals surface area contributed by atoms with Crippen LogP contribution in [0.15, 0.2) is 54.6 Å². The van der Waals surface area contributed by atoms with E-state index in [0.717, 1.165) is 18.7 Å². The zero-order valence-electron chi connectivity index (χ0n) is 14.6. The first-order valence-electron chi connectivity index (χ1n) is 8.46. The van der Waals surface area contributed by atoms with Crippen LogP contribution in [0.4, 0.5) is 10.5 Å². The fourth-order valence-electron chi connectivity index (χ4n) is 3.13. The summed E-state index contributed by atoms with van der Waals surface area (Å²) >= 11 is 0. The summed E-state index contributed by atoms with van der Waals surface area (Å²) < 4.78 is 0. The van der Waals surface area contributed by atoms with Gasteiger partial charge in [-0.25, -0.2) is 4.79 Å². The third kappa shape index (κ3) is 4.06. The second-order valence-corrected chi connectivity index (χ2v) is 6.45. The Kier molecular flexibility index (Phi) is 5.14. The molecule has 1 atom stereocenters. The highest BCUT2D eigenvalue weighted by Crippen LogP contribution is 2.25. The lowest BCUT2D eigenvalue weighted by atomic mass is 10.0. The number of urea groups is 1. The lowest BCUT2D eigenvalue weighted by Gasteiger charge is -2.40. The van der Waals surface area contributed by atoms with Gasteiger partial charge in [0.15, 0.2) is 5.78 Å². The first kappa shape index (κ1) is 17.2. The molecule has 0 saturated carbocycles. The molecule has 0 aromatic heterocycles. The molecule has 0 radical (unpaired) electrons. The van der Waals surface area contributed by atoms with Crippen molar-refractivity contribution in [2.75, 3.05) is 32.0 Å². The Morgan fingerprint density at radius 2 is 1.80 bits per heavy atom. The molecular formula is C20H23N3O2. The maximum absolute atomic E-state index is 12.9. The SMILES string of the molecule is CC(=O)c1cccc(NC(=O)N2CCN(C)CC2c2ccccc2)c1. The van der Waals surface area contributed by atoms with Gasteiger partial charge in [0.25, 0.3) is 0 Å². The quantitative estimate of drug-likeness (QED) is 0.873. The minimum absolute atomic E-state index is 0.0101. The summed E-state index contributed by atoms with van der Waals surface area (Å²) in [6.07, 6.45) is 0. The number of Topliss-reactive ketones (excluding diaryl/α,β-unsaturated/α-hetero) is 1. The topological polar surface area (TPSA) is 52.7 Å². The van der Waals surface area contributed by atoms with E-state index in [-0.39, 0.29) is 17.9 Å². The smallest absolute Gasteiger partial charge is 0.315 e. The molecule has 1 aliphatic heterocycles. The molecule has 0 aliphatic carbocycles. The highest BCUT2D eigenvalue weighted by atomic mass is 16.2. The summed E-state index contributed by atoms with van der Waals surface area (Å²) in [5.41, 5.74) is 2.36. The van der Waals surface area contributed by atoms with Crippen molar-refractivity contribution in [1.82, 2.24) is 9.80 Å². The Morgan fingerprint density at radius 3 is 2.52 bits per heavy atom. The Balaban J connectivity index is 1.79. The number of carbonyl (C=O) groups is 2. The Hall–Kier alpha value is -2.66. The van der Waals surface area contributed by atoms with E-state index >= 15 is 0 Å². The minimum Gasteiger partial charge on any atom is -0.315 e. The summed E-state index contributed by atoms with van der Waals surface area (Å²) in [7, 11) is 2.07. The van der Waals surface area contributed by atoms with E-state index in [1.807, 2.05) is 23.1 Å². The fourth-order valence-corrected chi connectivity index (χ4v) is 3.13. The van der Waals surface area contributed by atoms with Gasteiger partial charge in [-0.2, -0.15) is 0 Å². The van der Waals surface area contributed by atoms with Crippen molar-refractivity contribution in [3.63, 3.8) is 0 Å². The molecule has 1 unspecified atom stereocenters. The van der Waals surface area contributed by atoms with Gasteiger partial charge in [0, 0.05) is 30.9 Å². The molecule has 1 aliphatic rings. The van der Waals surface area contributed by atoms with Gasteiger partial charge in [-0.1, -0.05) is 42.5 Å². The number of rotatable bonds is 3. The van der Waals surface area contributed by atoms with Gasteiger partial charge in [0.05, 0.1) is 6.04 Å². The van der Waals surface area contributed by atoms with Crippen molar-refractivity contribution in [2.24, 2.45) is 0 Å². The van der Waals surface area contributed by atoms with Gasteiger partial charge in [-0.15, -0.1) is 0 Å². The third-order valence-electron chi connectivity index (χ3n) is 4.55. The first-order chi connectivity index (χ1) is 12.0. The molecule has 0 spiro atoms. The number of benzene rings is 2. The van der Waals surface area contributed by atoms with Crippen LogP contribution in [-0.4, -0.2) is 48.3 Å². The number of carbonyl (C=O) groups excluding carboxylic acids is 2. The van der Waals surface area contributed by atoms with Crippen molar-refractivity contribution < 1.29 is 9.59 Å². The van der Waals surface area contributed by atoms with Gasteiger partial charge < -0.3 is 15.1 Å². The summed E-state index contributed by atoms with van der Waals surface area (Å²) in [5, 5.41) is 2.94. The number of ketones is 1. The summed E-state index contributed by atoms with van der Waals surface area (Å²) in [6, 6.07) is 17.0. The van der Waals surface area contributed by atoms with Crippen LogP contribution in [0.5, 0.6) is 0 Å². The summed E-state index contributed by atoms with van der Waals surface area (Å²) in [6.45, 7) is 3.82. The number of hydrogen-bond acceptors (Lipinski definition) is 3. The fraction of sp³-hybridized carbons (Fsp3) is 0.300. The van der Waals surface area contributed by atoms with Crippen LogP contribution in [0, 0.1) is 0 Å². The van der Waals surface area contributed by atoms with Crippen LogP contribution < -0.4 is 5.32 Å². The highest BCUT2D eigenvalue weighted by molar-refractivity contribution is 5.96. The van der Waals surface area contributed by atoms with Crippen molar-refractivity contribution in [1.29, 1.82) is 0 Å². The zero-order chi connectivity index (χ0) is 17.8. The molecule has 1 fully saturated rings. The van der Waals surface area contributed by atoms with Crippen molar-refractivity contribution >= 4 is 17.5 Å². The molecular weight excluding hydrogens is 314 g/mol. The van der Waals surface area contributed by atoms with Crippen LogP contribution >= 0.6 is 0 Å². The van der Waals surface area contributed by atoms with Crippen LogP contribution in [-0.2, 0) is 0 Å². The van der Waals surface area contributed by atoms with Crippen molar-refractivity contribution in [3.05, 3.63) is 65.7 Å². The number of anilines is 1. The number of nitrogens with zero attached hydrogens (tertiary/aromatic N) is 2. The standard InChI is InChI=1S/C20H23N3O2/c1-15(24)17-9-6-10-18(13-17)21-20(25)23-12-11-22(2)14-19(23)16-7-4-3-5-8-16/h3-10,13,19H,11-12,14H2,1-2H3,(H,21,25). The minimum atomic E-state index is -0.136. The van der Waals surface area contributed by atoms with Gasteiger partial charge in [-0.3, -0.25) is 4.79 Å². The molecule has 1 heterocycles. The van der Waals surface area contributed by atoms with Crippen LogP contribution in [0.1, 0.15) is 28.9 Å². The predicted molar refractivity (Wildman–Crippen MR) is 98.9 cm³/mol. The molecule has 0 bridgehead atoms. The number of likely N-dealkylation sites (N-methyl/N-ethyl adjacent to an activating group) is 1. The third-order valence-corrected chi connectivity index (χ3v) is 4.55. The lowest BCUT2D eigenvalue weighted by molar-refractivity contribution is 0.101. The summed E-state index contributed by atoms with van der Waals surface area (Å²) in [5.74, 6) is -0.0159. The number of nitrogens with one attached hydrogen (secondary N) is 1. The van der Waals surface area contributed by atoms with Crippen LogP contribution in [0.3, 0.4) is 0 Å². The molecule has 1 saturated heterocycles. The predicted octanol–water partition coefficient (Wildman–Crippen LogP) is 3.41. The zero-order valence-corrected chi connectivity index (χ0v) is 14.6.